The van der Waals surface area contributed by atoms with Gasteiger partial charge in [-0.3, -0.25) is 4.79 Å². The van der Waals surface area contributed by atoms with Gasteiger partial charge in [-0.25, -0.2) is 4.39 Å². The molecule has 1 aliphatic rings. The highest BCUT2D eigenvalue weighted by molar-refractivity contribution is 7.99. The molecule has 0 fully saturated rings. The van der Waals surface area contributed by atoms with Gasteiger partial charge in [0.15, 0.2) is 0 Å². The molecule has 2 aromatic carbocycles. The van der Waals surface area contributed by atoms with Crippen molar-refractivity contribution in [3.63, 3.8) is 0 Å². The maximum Gasteiger partial charge on any atom is 0.251 e. The Morgan fingerprint density at radius 2 is 2.10 bits per heavy atom. The van der Waals surface area contributed by atoms with Crippen LogP contribution in [0.1, 0.15) is 28.4 Å². The Bertz CT molecular complexity index is 692. The van der Waals surface area contributed by atoms with E-state index in [0.717, 1.165) is 17.7 Å². The summed E-state index contributed by atoms with van der Waals surface area (Å²) in [6, 6.07) is 11.6. The fourth-order valence-corrected chi connectivity index (χ4v) is 3.74. The molecule has 3 rings (SSSR count). The van der Waals surface area contributed by atoms with Crippen LogP contribution in [0.2, 0.25) is 5.02 Å². The van der Waals surface area contributed by atoms with Crippen LogP contribution in [0.5, 0.6) is 0 Å². The Labute approximate surface area is 131 Å². The molecule has 1 aliphatic heterocycles. The van der Waals surface area contributed by atoms with Gasteiger partial charge in [-0.1, -0.05) is 29.8 Å². The number of carbonyl (C=O) groups is 1. The summed E-state index contributed by atoms with van der Waals surface area (Å²) < 4.78 is 13.8. The lowest BCUT2D eigenvalue weighted by Crippen LogP contribution is -2.30. The number of hydrogen-bond donors (Lipinski definition) is 1. The Morgan fingerprint density at radius 3 is 2.90 bits per heavy atom. The van der Waals surface area contributed by atoms with E-state index in [9.17, 15) is 9.18 Å². The van der Waals surface area contributed by atoms with Gasteiger partial charge in [0.25, 0.3) is 5.91 Å². The summed E-state index contributed by atoms with van der Waals surface area (Å²) in [5.41, 5.74) is 1.36. The average Bonchev–Trinajstić information content (AvgIpc) is 2.48. The SMILES string of the molecule is O=C(N[C@H]1CCSc2c(F)cccc21)c1cccc(Cl)c1. The van der Waals surface area contributed by atoms with Gasteiger partial charge in [-0.15, -0.1) is 11.8 Å². The number of carbonyl (C=O) groups excluding carboxylic acids is 1. The van der Waals surface area contributed by atoms with Crippen LogP contribution in [0.4, 0.5) is 4.39 Å². The van der Waals surface area contributed by atoms with E-state index in [1.807, 2.05) is 6.07 Å². The van der Waals surface area contributed by atoms with Crippen LogP contribution < -0.4 is 5.32 Å². The maximum atomic E-state index is 13.8. The molecule has 2 aromatic rings. The third-order valence-electron chi connectivity index (χ3n) is 3.42. The normalized spacial score (nSPS) is 17.1. The maximum absolute atomic E-state index is 13.8. The summed E-state index contributed by atoms with van der Waals surface area (Å²) in [6.07, 6.45) is 0.785. The molecule has 0 aromatic heterocycles. The van der Waals surface area contributed by atoms with Crippen molar-refractivity contribution in [2.45, 2.75) is 17.4 Å². The van der Waals surface area contributed by atoms with Gasteiger partial charge in [-0.2, -0.15) is 0 Å². The number of halogens is 2. The van der Waals surface area contributed by atoms with Gasteiger partial charge in [0, 0.05) is 21.2 Å². The molecule has 0 radical (unpaired) electrons. The van der Waals surface area contributed by atoms with Gasteiger partial charge in [0.2, 0.25) is 0 Å². The third-order valence-corrected chi connectivity index (χ3v) is 4.81. The zero-order valence-corrected chi connectivity index (χ0v) is 12.7. The Hall–Kier alpha value is -1.52. The molecule has 1 N–H and O–H groups in total. The molecule has 0 saturated carbocycles. The van der Waals surface area contributed by atoms with E-state index in [0.29, 0.717) is 15.5 Å². The van der Waals surface area contributed by atoms with Gasteiger partial charge < -0.3 is 5.32 Å². The zero-order valence-electron chi connectivity index (χ0n) is 11.1. The van der Waals surface area contributed by atoms with E-state index < -0.39 is 0 Å². The molecule has 2 nitrogen and oxygen atoms in total. The number of amides is 1. The highest BCUT2D eigenvalue weighted by Crippen LogP contribution is 2.37. The summed E-state index contributed by atoms with van der Waals surface area (Å²) in [4.78, 5) is 12.9. The number of thioether (sulfide) groups is 1. The monoisotopic (exact) mass is 321 g/mol. The fourth-order valence-electron chi connectivity index (χ4n) is 2.41. The topological polar surface area (TPSA) is 29.1 Å². The molecular formula is C16H13ClFNOS. The molecular weight excluding hydrogens is 309 g/mol. The van der Waals surface area contributed by atoms with E-state index in [4.69, 9.17) is 11.6 Å². The standard InChI is InChI=1S/C16H13ClFNOS/c17-11-4-1-3-10(9-11)16(20)19-14-7-8-21-15-12(14)5-2-6-13(15)18/h1-6,9,14H,7-8H2,(H,19,20)/t14-/m0/s1. The lowest BCUT2D eigenvalue weighted by atomic mass is 10.0. The van der Waals surface area contributed by atoms with Crippen LogP contribution in [0.25, 0.3) is 0 Å². The lowest BCUT2D eigenvalue weighted by Gasteiger charge is -2.26. The second-order valence-corrected chi connectivity index (χ2v) is 6.37. The van der Waals surface area contributed by atoms with E-state index in [-0.39, 0.29) is 17.8 Å². The van der Waals surface area contributed by atoms with Crippen LogP contribution in [0.3, 0.4) is 0 Å². The minimum atomic E-state index is -0.223. The van der Waals surface area contributed by atoms with Crippen molar-refractivity contribution in [2.75, 3.05) is 5.75 Å². The number of hydrogen-bond acceptors (Lipinski definition) is 2. The van der Waals surface area contributed by atoms with Gasteiger partial charge in [-0.05, 0) is 36.2 Å². The Morgan fingerprint density at radius 1 is 1.29 bits per heavy atom. The molecule has 0 saturated heterocycles. The molecule has 5 heteroatoms. The first-order chi connectivity index (χ1) is 10.1. The summed E-state index contributed by atoms with van der Waals surface area (Å²) in [6.45, 7) is 0. The number of fused-ring (bicyclic) bond motifs is 1. The Balaban J connectivity index is 1.84. The lowest BCUT2D eigenvalue weighted by molar-refractivity contribution is 0.0935. The third kappa shape index (κ3) is 3.06. The summed E-state index contributed by atoms with van der Waals surface area (Å²) in [5.74, 6) is 0.373. The number of rotatable bonds is 2. The summed E-state index contributed by atoms with van der Waals surface area (Å²) in [5, 5.41) is 3.49. The van der Waals surface area contributed by atoms with Crippen LogP contribution in [0, 0.1) is 5.82 Å². The van der Waals surface area contributed by atoms with Crippen molar-refractivity contribution >= 4 is 29.3 Å². The molecule has 0 aliphatic carbocycles. The predicted octanol–water partition coefficient (Wildman–Crippen LogP) is 4.45. The predicted molar refractivity (Wildman–Crippen MR) is 83.4 cm³/mol. The highest BCUT2D eigenvalue weighted by Gasteiger charge is 2.24. The largest absolute Gasteiger partial charge is 0.345 e. The first-order valence-corrected chi connectivity index (χ1v) is 7.99. The van der Waals surface area contributed by atoms with Crippen molar-refractivity contribution in [3.8, 4) is 0 Å². The zero-order chi connectivity index (χ0) is 14.8. The van der Waals surface area contributed by atoms with E-state index in [2.05, 4.69) is 5.32 Å². The number of nitrogens with one attached hydrogen (secondary N) is 1. The quantitative estimate of drug-likeness (QED) is 0.885. The van der Waals surface area contributed by atoms with Crippen molar-refractivity contribution in [3.05, 3.63) is 64.4 Å². The van der Waals surface area contributed by atoms with Crippen molar-refractivity contribution < 1.29 is 9.18 Å². The number of benzene rings is 2. The first-order valence-electron chi connectivity index (χ1n) is 6.63. The van der Waals surface area contributed by atoms with Crippen LogP contribution in [-0.4, -0.2) is 11.7 Å². The molecule has 1 amide bonds. The first kappa shape index (κ1) is 14.4. The summed E-state index contributed by atoms with van der Waals surface area (Å²) >= 11 is 7.40. The highest BCUT2D eigenvalue weighted by atomic mass is 35.5. The second kappa shape index (κ2) is 6.08. The molecule has 21 heavy (non-hydrogen) atoms. The van der Waals surface area contributed by atoms with Gasteiger partial charge >= 0.3 is 0 Å². The minimum absolute atomic E-state index is 0.163. The van der Waals surface area contributed by atoms with Crippen molar-refractivity contribution in [1.82, 2.24) is 5.32 Å². The Kier molecular flexibility index (Phi) is 4.17. The molecule has 0 bridgehead atoms. The molecule has 1 atom stereocenters. The minimum Gasteiger partial charge on any atom is -0.345 e. The second-order valence-electron chi connectivity index (χ2n) is 4.83. The van der Waals surface area contributed by atoms with Crippen LogP contribution >= 0.6 is 23.4 Å². The smallest absolute Gasteiger partial charge is 0.251 e. The van der Waals surface area contributed by atoms with Crippen LogP contribution in [-0.2, 0) is 0 Å². The van der Waals surface area contributed by atoms with E-state index in [1.165, 1.54) is 17.8 Å². The van der Waals surface area contributed by atoms with Crippen LogP contribution in [0.15, 0.2) is 47.4 Å². The van der Waals surface area contributed by atoms with E-state index in [1.54, 1.807) is 30.3 Å². The molecule has 1 heterocycles. The van der Waals surface area contributed by atoms with E-state index >= 15 is 0 Å². The average molecular weight is 322 g/mol. The fraction of sp³-hybridized carbons (Fsp3) is 0.188. The van der Waals surface area contributed by atoms with Crippen molar-refractivity contribution in [1.29, 1.82) is 0 Å². The van der Waals surface area contributed by atoms with Gasteiger partial charge in [0.1, 0.15) is 5.82 Å². The summed E-state index contributed by atoms with van der Waals surface area (Å²) in [7, 11) is 0. The van der Waals surface area contributed by atoms with Crippen molar-refractivity contribution in [2.24, 2.45) is 0 Å². The molecule has 108 valence electrons. The molecule has 0 spiro atoms. The van der Waals surface area contributed by atoms with Gasteiger partial charge in [0.05, 0.1) is 6.04 Å². The molecule has 0 unspecified atom stereocenters.